The number of esters is 3. The quantitative estimate of drug-likeness (QED) is 0.0274. The third-order valence-corrected chi connectivity index (χ3v) is 11.9. The molecule has 1 fully saturated rings. The zero-order chi connectivity index (χ0) is 51.5. The lowest BCUT2D eigenvalue weighted by molar-refractivity contribution is -0.175. The fourth-order valence-electron chi connectivity index (χ4n) is 7.47. The van der Waals surface area contributed by atoms with Gasteiger partial charge in [0.05, 0.1) is 28.5 Å². The molecule has 3 aromatic rings. The van der Waals surface area contributed by atoms with Gasteiger partial charge in [0.2, 0.25) is 6.41 Å². The molecule has 378 valence electrons. The molecule has 0 aliphatic carbocycles. The van der Waals surface area contributed by atoms with Gasteiger partial charge >= 0.3 is 29.8 Å². The molecule has 0 spiro atoms. The second-order valence-electron chi connectivity index (χ2n) is 17.4. The van der Waals surface area contributed by atoms with Crippen molar-refractivity contribution < 1.29 is 73.3 Å². The molecule has 19 nitrogen and oxygen atoms in total. The summed E-state index contributed by atoms with van der Waals surface area (Å²) in [5.74, 6) is -7.20. The second-order valence-corrected chi connectivity index (χ2v) is 18.5. The number of aliphatic hydroxyl groups is 2. The van der Waals surface area contributed by atoms with Crippen LogP contribution in [0.5, 0.6) is 5.75 Å². The Labute approximate surface area is 406 Å². The van der Waals surface area contributed by atoms with Crippen molar-refractivity contribution in [2.24, 2.45) is 17.8 Å². The summed E-state index contributed by atoms with van der Waals surface area (Å²) in [6.45, 7) is 13.2. The van der Waals surface area contributed by atoms with Crippen LogP contribution in [-0.2, 0) is 43.0 Å². The highest BCUT2D eigenvalue weighted by molar-refractivity contribution is 7.99. The molecule has 2 aliphatic rings. The fraction of sp³-hybridized carbons (Fsp3) is 0.490. The number of benzene rings is 3. The Hall–Kier alpha value is -6.22. The number of anilines is 3. The van der Waals surface area contributed by atoms with E-state index < -0.39 is 84.0 Å². The molecule has 2 aliphatic heterocycles. The van der Waals surface area contributed by atoms with Crippen LogP contribution >= 0.6 is 11.8 Å². The van der Waals surface area contributed by atoms with Gasteiger partial charge in [-0.25, -0.2) is 14.4 Å². The summed E-state index contributed by atoms with van der Waals surface area (Å²) in [5, 5.41) is 47.6. The molecule has 1 saturated heterocycles. The number of hydrogen-bond donors (Lipinski definition) is 7. The van der Waals surface area contributed by atoms with Crippen LogP contribution in [0.25, 0.3) is 0 Å². The number of nitrogens with zero attached hydrogens (tertiary/aromatic N) is 2. The van der Waals surface area contributed by atoms with E-state index in [0.717, 1.165) is 25.9 Å². The number of ether oxygens (including phenoxy) is 3. The monoisotopic (exact) mass is 982 g/mol. The number of amides is 2. The molecule has 8 unspecified atom stereocenters. The van der Waals surface area contributed by atoms with Crippen LogP contribution in [0, 0.1) is 17.8 Å². The summed E-state index contributed by atoms with van der Waals surface area (Å²) in [5.41, 5.74) is 2.46. The van der Waals surface area contributed by atoms with Crippen LogP contribution in [0.3, 0.4) is 0 Å². The largest absolute Gasteiger partial charge is 0.505 e. The average Bonchev–Trinajstić information content (AvgIpc) is 3.31. The number of fused-ring (bicyclic) bond motifs is 2. The fourth-order valence-corrected chi connectivity index (χ4v) is 8.56. The number of cyclic esters (lactones) is 2. The Morgan fingerprint density at radius 3 is 1.93 bits per heavy atom. The van der Waals surface area contributed by atoms with E-state index in [-0.39, 0.29) is 23.6 Å². The van der Waals surface area contributed by atoms with Crippen molar-refractivity contribution >= 4 is 71.0 Å². The first kappa shape index (κ1) is 57.1. The predicted octanol–water partition coefficient (Wildman–Crippen LogP) is 5.45. The van der Waals surface area contributed by atoms with E-state index in [2.05, 4.69) is 90.0 Å². The Kier molecular flexibility index (Phi) is 22.9. The van der Waals surface area contributed by atoms with Crippen molar-refractivity contribution in [2.45, 2.75) is 120 Å². The summed E-state index contributed by atoms with van der Waals surface area (Å²) in [7, 11) is 4.29. The van der Waals surface area contributed by atoms with Gasteiger partial charge in [0.15, 0.2) is 30.1 Å². The number of hydrogen-bond acceptors (Lipinski definition) is 16. The van der Waals surface area contributed by atoms with Crippen LogP contribution in [0.2, 0.25) is 0 Å². The van der Waals surface area contributed by atoms with Gasteiger partial charge in [0.25, 0.3) is 5.91 Å². The number of carbonyl (C=O) groups excluding carboxylic acids is 5. The molecule has 2 amide bonds. The number of rotatable bonds is 18. The number of aliphatic hydroxyl groups excluding tert-OH is 2. The maximum Gasteiger partial charge on any atom is 0.335 e. The van der Waals surface area contributed by atoms with Crippen molar-refractivity contribution in [1.29, 1.82) is 0 Å². The highest BCUT2D eigenvalue weighted by Crippen LogP contribution is 2.48. The number of aromatic hydroxyl groups is 1. The standard InChI is InChI=1S/C27H38N2O9.C18H22N2S.C4H6O6/c1-6-7-8-10-19-24(38-21(31)13-15(2)3)17(5)37-27(35)22(16(4)36-26(19)34)29-25(33)18-11-9-12-20(23(18)32)28-14-30;1-14(12-19(2)3)13-20-15-8-4-6-10-17(15)21-18-11-7-5-9-16(18)20;5-1(3(7)8)2(6)4(9)10/h9,11-12,14-17,19,22,24,32H,6-8,10,13H2,1-5H3,(H,28,30)(H,29,33);4-11,14H,12-13H2,1-3H3;1-2,5-6H,(H,7,8)(H,9,10). The highest BCUT2D eigenvalue weighted by Gasteiger charge is 2.44. The summed E-state index contributed by atoms with van der Waals surface area (Å²) in [4.78, 5) is 89.7. The first-order chi connectivity index (χ1) is 32.6. The number of nitrogens with one attached hydrogen (secondary N) is 2. The molecule has 5 rings (SSSR count). The maximum atomic E-state index is 13.3. The third kappa shape index (κ3) is 17.1. The van der Waals surface area contributed by atoms with Crippen molar-refractivity contribution in [3.8, 4) is 5.75 Å². The molecule has 20 heteroatoms. The van der Waals surface area contributed by atoms with E-state index in [0.29, 0.717) is 25.2 Å². The van der Waals surface area contributed by atoms with E-state index in [1.165, 1.54) is 53.2 Å². The topological polar surface area (TPSA) is 279 Å². The Bertz CT molecular complexity index is 2160. The van der Waals surface area contributed by atoms with Crippen molar-refractivity contribution in [3.63, 3.8) is 0 Å². The summed E-state index contributed by atoms with van der Waals surface area (Å²) >= 11 is 1.88. The van der Waals surface area contributed by atoms with Gasteiger partial charge in [-0.15, -0.1) is 0 Å². The number of carbonyl (C=O) groups is 7. The number of carboxylic acid groups (broad SMARTS) is 2. The zero-order valence-corrected chi connectivity index (χ0v) is 41.0. The van der Waals surface area contributed by atoms with Crippen LogP contribution in [-0.4, -0.2) is 136 Å². The molecule has 0 aromatic heterocycles. The van der Waals surface area contributed by atoms with Crippen LogP contribution in [0.15, 0.2) is 76.5 Å². The van der Waals surface area contributed by atoms with Crippen LogP contribution in [0.4, 0.5) is 17.1 Å². The summed E-state index contributed by atoms with van der Waals surface area (Å²) < 4.78 is 16.9. The molecule has 0 saturated carbocycles. The van der Waals surface area contributed by atoms with E-state index in [1.54, 1.807) is 0 Å². The van der Waals surface area contributed by atoms with Crippen molar-refractivity contribution in [1.82, 2.24) is 10.2 Å². The first-order valence-electron chi connectivity index (χ1n) is 22.6. The van der Waals surface area contributed by atoms with E-state index >= 15 is 0 Å². The molecule has 0 bridgehead atoms. The molecule has 3 aromatic carbocycles. The van der Waals surface area contributed by atoms with Gasteiger partial charge in [-0.3, -0.25) is 19.2 Å². The van der Waals surface area contributed by atoms with Crippen LogP contribution < -0.4 is 15.5 Å². The predicted molar refractivity (Wildman–Crippen MR) is 256 cm³/mol. The van der Waals surface area contributed by atoms with Gasteiger partial charge in [-0.05, 0) is 82.6 Å². The molecule has 2 heterocycles. The lowest BCUT2D eigenvalue weighted by atomic mass is 9.92. The minimum Gasteiger partial charge on any atom is -0.505 e. The Balaban J connectivity index is 0.000000335. The SMILES string of the molecule is CC(CN(C)C)CN1c2ccccc2Sc2ccccc21.CCCCCC1C(=O)OC(C)C(NC(=O)c2cccc(NC=O)c2O)C(=O)OC(C)C1OC(=O)CC(C)C.O=C(O)C(O)C(O)C(=O)O. The minimum atomic E-state index is -2.27. The van der Waals surface area contributed by atoms with E-state index in [1.807, 2.05) is 32.5 Å². The number of unbranched alkanes of at least 4 members (excludes halogenated alkanes) is 2. The van der Waals surface area contributed by atoms with E-state index in [4.69, 9.17) is 34.6 Å². The Morgan fingerprint density at radius 1 is 0.841 bits per heavy atom. The molecule has 8 atom stereocenters. The number of para-hydroxylation sites is 3. The zero-order valence-electron chi connectivity index (χ0n) is 40.2. The van der Waals surface area contributed by atoms with Gasteiger partial charge < -0.3 is 60.2 Å². The first-order valence-corrected chi connectivity index (χ1v) is 23.5. The van der Waals surface area contributed by atoms with Crippen LogP contribution in [0.1, 0.15) is 84.0 Å². The average molecular weight is 983 g/mol. The van der Waals surface area contributed by atoms with Crippen molar-refractivity contribution in [2.75, 3.05) is 37.4 Å². The highest BCUT2D eigenvalue weighted by atomic mass is 32.2. The van der Waals surface area contributed by atoms with Gasteiger partial charge in [-0.2, -0.15) is 0 Å². The number of aliphatic carboxylic acids is 2. The lowest BCUT2D eigenvalue weighted by Gasteiger charge is -2.35. The summed E-state index contributed by atoms with van der Waals surface area (Å²) in [6.07, 6.45) is -4.47. The van der Waals surface area contributed by atoms with Gasteiger partial charge in [0, 0.05) is 29.3 Å². The second kappa shape index (κ2) is 27.7. The number of phenolic OH excluding ortho intramolecular Hbond substituents is 1. The minimum absolute atomic E-state index is 0.00114. The number of carboxylic acids is 2. The molecular weight excluding hydrogens is 917 g/mol. The van der Waals surface area contributed by atoms with Crippen molar-refractivity contribution in [3.05, 3.63) is 72.3 Å². The normalized spacial score (nSPS) is 19.9. The molecular formula is C49H66N4O15S. The third-order valence-electron chi connectivity index (χ3n) is 10.7. The lowest BCUT2D eigenvalue weighted by Crippen LogP contribution is -2.50. The summed E-state index contributed by atoms with van der Waals surface area (Å²) in [6, 6.07) is 20.1. The molecule has 7 N–H and O–H groups in total. The van der Waals surface area contributed by atoms with Gasteiger partial charge in [-0.1, -0.05) is 89.1 Å². The van der Waals surface area contributed by atoms with Gasteiger partial charge in [0.1, 0.15) is 12.2 Å². The molecule has 69 heavy (non-hydrogen) atoms. The maximum absolute atomic E-state index is 13.3. The Morgan fingerprint density at radius 2 is 1.41 bits per heavy atom. The smallest absolute Gasteiger partial charge is 0.335 e. The molecule has 0 radical (unpaired) electrons. The number of phenols is 1. The van der Waals surface area contributed by atoms with E-state index in [9.17, 15) is 38.7 Å².